The average molecular weight is 519 g/mol. The number of aryl methyl sites for hydroxylation is 1. The van der Waals surface area contributed by atoms with E-state index in [0.717, 1.165) is 41.1 Å². The van der Waals surface area contributed by atoms with Crippen LogP contribution >= 0.6 is 22.9 Å². The summed E-state index contributed by atoms with van der Waals surface area (Å²) in [5, 5.41) is 19.3. The van der Waals surface area contributed by atoms with Crippen LogP contribution in [0.3, 0.4) is 0 Å². The minimum atomic E-state index is -0.980. The van der Waals surface area contributed by atoms with Gasteiger partial charge in [0.25, 0.3) is 0 Å². The molecule has 5 rings (SSSR count). The van der Waals surface area contributed by atoms with Gasteiger partial charge in [0.2, 0.25) is 0 Å². The molecule has 3 atom stereocenters. The fourth-order valence-electron chi connectivity index (χ4n) is 4.09. The number of aromatic nitrogens is 4. The van der Waals surface area contributed by atoms with E-state index in [1.165, 1.54) is 11.2 Å². The first kappa shape index (κ1) is 24.8. The van der Waals surface area contributed by atoms with Crippen molar-refractivity contribution >= 4 is 34.9 Å². The molecule has 0 radical (unpaired) electrons. The van der Waals surface area contributed by atoms with Gasteiger partial charge in [-0.2, -0.15) is 0 Å². The quantitative estimate of drug-likeness (QED) is 0.299. The molecule has 36 heavy (non-hydrogen) atoms. The van der Waals surface area contributed by atoms with E-state index >= 15 is 0 Å². The van der Waals surface area contributed by atoms with Gasteiger partial charge in [-0.15, -0.1) is 0 Å². The van der Waals surface area contributed by atoms with Crippen molar-refractivity contribution < 1.29 is 14.9 Å². The summed E-state index contributed by atoms with van der Waals surface area (Å²) in [5.41, 5.74) is 3.68. The molecule has 1 aliphatic carbocycles. The van der Waals surface area contributed by atoms with Gasteiger partial charge in [0, 0.05) is 0 Å². The molecule has 0 aromatic carbocycles. The third kappa shape index (κ3) is 5.75. The van der Waals surface area contributed by atoms with Crippen LogP contribution in [0.15, 0.2) is 64.9 Å². The number of fused-ring (bicyclic) bond motifs is 1. The molecule has 0 fully saturated rings. The Kier molecular flexibility index (Phi) is 7.91. The number of hydrogen-bond donors (Lipinski definition) is 3. The Morgan fingerprint density at radius 3 is 2.97 bits per heavy atom. The van der Waals surface area contributed by atoms with Crippen molar-refractivity contribution in [3.8, 4) is 5.75 Å². The second kappa shape index (κ2) is 11.5. The Morgan fingerprint density at radius 1 is 1.25 bits per heavy atom. The number of thioether (sulfide) groups is 1. The third-order valence-corrected chi connectivity index (χ3v) is 7.81. The van der Waals surface area contributed by atoms with Crippen molar-refractivity contribution in [2.24, 2.45) is 4.99 Å². The molecule has 4 aromatic heterocycles. The Labute approximate surface area is 217 Å². The Bertz CT molecular complexity index is 1380. The molecule has 0 saturated carbocycles. The Hall–Kier alpha value is -2.86. The predicted molar refractivity (Wildman–Crippen MR) is 141 cm³/mol. The van der Waals surface area contributed by atoms with Gasteiger partial charge in [-0.05, 0) is 6.07 Å². The van der Waals surface area contributed by atoms with Crippen molar-refractivity contribution in [1.29, 1.82) is 0 Å². The van der Waals surface area contributed by atoms with E-state index < -0.39 is 6.10 Å². The molecule has 8 nitrogen and oxygen atoms in total. The number of aromatic amines is 1. The molecule has 3 unspecified atom stereocenters. The molecule has 11 heteroatoms. The number of nitrogens with one attached hydrogen (secondary N) is 1. The van der Waals surface area contributed by atoms with E-state index in [4.69, 9.17) is 4.74 Å². The molecule has 184 valence electrons. The van der Waals surface area contributed by atoms with Crippen LogP contribution in [-0.4, -0.2) is 42.9 Å². The normalized spacial score (nSPS) is 17.3. The van der Waals surface area contributed by atoms with Crippen molar-refractivity contribution in [2.45, 2.75) is 48.5 Å². The third-order valence-electron chi connectivity index (χ3n) is 5.93. The number of pyridine rings is 3. The fraction of sp³-hybridized carbons (Fsp3) is 0.320. The van der Waals surface area contributed by atoms with Gasteiger partial charge in [0.05, 0.1) is 0 Å². The van der Waals surface area contributed by atoms with Gasteiger partial charge < -0.3 is 0 Å². The number of nitrogens with zero attached hydrogens (tertiary/aromatic N) is 4. The summed E-state index contributed by atoms with van der Waals surface area (Å²) < 4.78 is 6.56. The number of rotatable bonds is 8. The molecule has 1 aliphatic rings. The van der Waals surface area contributed by atoms with Crippen LogP contribution in [0.1, 0.15) is 59.8 Å². The Balaban J connectivity index is 1.48. The fourth-order valence-corrected chi connectivity index (χ4v) is 5.81. The standard InChI is InChI=1S/C25H26BN5O3S2/c1-15(18-7-2-3-10-27-18)35-16-12-22(34-21-9-4-8-19-17(21)6-5-11-28-19)24(29-13-16)31-25-30-23(26-36-25)20(33)14-32/h2-3,5-7,10-13,15,20-21,32-33H,4,8-9,14H2,1H3,(H,29,30,31). The molecule has 4 aromatic rings. The minimum absolute atomic E-state index is 0.134. The van der Waals surface area contributed by atoms with Crippen LogP contribution < -0.4 is 9.54 Å². The number of aliphatic hydroxyl groups excluding tert-OH is 2. The summed E-state index contributed by atoms with van der Waals surface area (Å²) >= 11 is 2.99. The van der Waals surface area contributed by atoms with E-state index in [1.54, 1.807) is 30.3 Å². The summed E-state index contributed by atoms with van der Waals surface area (Å²) in [5.74, 6) is 1.03. The SMILES string of the molecule is CC(Sc1cnc(/N=c2/[nH]c(C(O)CO)bs2)c(OC2CCCc3ncccc32)c1)c1ccccn1. The summed E-state index contributed by atoms with van der Waals surface area (Å²) in [4.78, 5) is 22.9. The predicted octanol–water partition coefficient (Wildman–Crippen LogP) is 4.17. The number of ether oxygens (including phenoxy) is 1. The number of hydrogen-bond acceptors (Lipinski definition) is 9. The average Bonchev–Trinajstić information content (AvgIpc) is 3.39. The first-order valence-electron chi connectivity index (χ1n) is 11.8. The van der Waals surface area contributed by atoms with Crippen LogP contribution in [-0.2, 0) is 6.42 Å². The zero-order chi connectivity index (χ0) is 24.9. The van der Waals surface area contributed by atoms with E-state index in [0.29, 0.717) is 22.0 Å². The van der Waals surface area contributed by atoms with Gasteiger partial charge >= 0.3 is 212 Å². The molecular weight excluding hydrogens is 493 g/mol. The number of aliphatic hydroxyl groups is 2. The molecule has 0 saturated heterocycles. The van der Waals surface area contributed by atoms with Crippen LogP contribution in [0.25, 0.3) is 0 Å². The monoisotopic (exact) mass is 519 g/mol. The van der Waals surface area contributed by atoms with Gasteiger partial charge in [-0.1, -0.05) is 0 Å². The van der Waals surface area contributed by atoms with Crippen LogP contribution in [0.4, 0.5) is 5.82 Å². The zero-order valence-corrected chi connectivity index (χ0v) is 21.4. The van der Waals surface area contributed by atoms with E-state index in [9.17, 15) is 10.2 Å². The van der Waals surface area contributed by atoms with Crippen molar-refractivity contribution in [1.82, 2.24) is 19.9 Å². The van der Waals surface area contributed by atoms with Gasteiger partial charge in [0.1, 0.15) is 0 Å². The van der Waals surface area contributed by atoms with Gasteiger partial charge in [0.15, 0.2) is 0 Å². The van der Waals surface area contributed by atoms with Crippen molar-refractivity contribution in [2.75, 3.05) is 6.61 Å². The summed E-state index contributed by atoms with van der Waals surface area (Å²) in [7, 11) is 0. The van der Waals surface area contributed by atoms with E-state index in [-0.39, 0.29) is 18.0 Å². The van der Waals surface area contributed by atoms with Gasteiger partial charge in [-0.25, -0.2) is 0 Å². The van der Waals surface area contributed by atoms with Crippen LogP contribution in [0, 0.1) is 0 Å². The topological polar surface area (TPSA) is 117 Å². The van der Waals surface area contributed by atoms with Crippen LogP contribution in [0.5, 0.6) is 5.75 Å². The second-order valence-corrected chi connectivity index (χ2v) is 10.7. The maximum absolute atomic E-state index is 9.92. The van der Waals surface area contributed by atoms with Crippen molar-refractivity contribution in [3.63, 3.8) is 0 Å². The summed E-state index contributed by atoms with van der Waals surface area (Å²) in [6, 6.07) is 11.9. The zero-order valence-electron chi connectivity index (χ0n) is 19.7. The van der Waals surface area contributed by atoms with Crippen LogP contribution in [0.2, 0.25) is 0 Å². The van der Waals surface area contributed by atoms with E-state index in [1.807, 2.05) is 36.5 Å². The second-order valence-electron chi connectivity index (χ2n) is 8.48. The van der Waals surface area contributed by atoms with Crippen molar-refractivity contribution in [3.05, 3.63) is 82.3 Å². The molecule has 0 amide bonds. The molecular formula is C25H26BN5O3S2. The first-order valence-corrected chi connectivity index (χ1v) is 13.6. The summed E-state index contributed by atoms with van der Waals surface area (Å²) in [6.07, 6.45) is 8.88. The molecule has 3 N–H and O–H groups in total. The summed E-state index contributed by atoms with van der Waals surface area (Å²) in [6.45, 7) is 1.75. The molecule has 0 spiro atoms. The van der Waals surface area contributed by atoms with Gasteiger partial charge in [-0.3, -0.25) is 0 Å². The molecule has 0 bridgehead atoms. The first-order chi connectivity index (χ1) is 17.6. The molecule has 4 heterocycles. The molecule has 0 aliphatic heterocycles. The maximum atomic E-state index is 9.92. The van der Waals surface area contributed by atoms with E-state index in [2.05, 4.69) is 37.9 Å². The number of H-pyrrole nitrogens is 1. The Morgan fingerprint density at radius 2 is 2.14 bits per heavy atom.